The van der Waals surface area contributed by atoms with Crippen LogP contribution in [0.2, 0.25) is 0 Å². The van der Waals surface area contributed by atoms with Crippen molar-refractivity contribution in [1.29, 1.82) is 0 Å². The van der Waals surface area contributed by atoms with Crippen LogP contribution in [-0.4, -0.2) is 23.8 Å². The predicted octanol–water partition coefficient (Wildman–Crippen LogP) is 7.87. The summed E-state index contributed by atoms with van der Waals surface area (Å²) in [7, 11) is 0. The van der Waals surface area contributed by atoms with Crippen molar-refractivity contribution in [1.82, 2.24) is 5.32 Å². The molecule has 0 spiro atoms. The first kappa shape index (κ1) is 28.2. The molecule has 0 bridgehead atoms. The number of hydrogen-bond acceptors (Lipinski definition) is 3. The third-order valence-electron chi connectivity index (χ3n) is 5.85. The number of aliphatic hydroxyl groups excluding tert-OH is 1. The minimum absolute atomic E-state index is 0.398. The molecule has 182 valence electrons. The molecular formula is C28H47NO3. The van der Waals surface area contributed by atoms with Gasteiger partial charge in [0.1, 0.15) is 0 Å². The lowest BCUT2D eigenvalue weighted by Gasteiger charge is -2.20. The molecule has 0 saturated carbocycles. The number of amides is 1. The largest absolute Gasteiger partial charge is 0.450 e. The molecule has 0 aliphatic heterocycles. The average Bonchev–Trinajstić information content (AvgIpc) is 2.81. The summed E-state index contributed by atoms with van der Waals surface area (Å²) in [4.78, 5) is 11.9. The lowest BCUT2D eigenvalue weighted by Crippen LogP contribution is -2.37. The summed E-state index contributed by atoms with van der Waals surface area (Å²) in [6.45, 7) is 4.48. The van der Waals surface area contributed by atoms with Crippen molar-refractivity contribution < 1.29 is 14.6 Å². The van der Waals surface area contributed by atoms with Gasteiger partial charge in [0.05, 0.1) is 18.8 Å². The molecule has 0 fully saturated rings. The van der Waals surface area contributed by atoms with Crippen molar-refractivity contribution in [3.05, 3.63) is 48.0 Å². The van der Waals surface area contributed by atoms with E-state index in [0.717, 1.165) is 18.4 Å². The Hall–Kier alpha value is -1.81. The van der Waals surface area contributed by atoms with E-state index in [9.17, 15) is 9.90 Å². The van der Waals surface area contributed by atoms with Crippen LogP contribution in [0.5, 0.6) is 0 Å². The number of nitrogens with one attached hydrogen (secondary N) is 1. The summed E-state index contributed by atoms with van der Waals surface area (Å²) in [6.07, 6.45) is 21.1. The Morgan fingerprint density at radius 1 is 0.875 bits per heavy atom. The maximum atomic E-state index is 11.9. The fourth-order valence-electron chi connectivity index (χ4n) is 3.76. The zero-order valence-electron chi connectivity index (χ0n) is 20.6. The normalized spacial score (nSPS) is 13.2. The van der Waals surface area contributed by atoms with Crippen LogP contribution in [0, 0.1) is 0 Å². The Labute approximate surface area is 196 Å². The van der Waals surface area contributed by atoms with E-state index in [0.29, 0.717) is 6.61 Å². The number of ether oxygens (including phenoxy) is 1. The maximum Gasteiger partial charge on any atom is 0.407 e. The highest BCUT2D eigenvalue weighted by molar-refractivity contribution is 5.67. The standard InChI is InChI=1S/C28H47NO3/c1-3-4-5-6-7-8-9-10-11-12-13-14-15-16-17-21-24-32-28(31)29-25(2)27(30)26-22-19-18-20-23-26/h10-11,18-20,22-23,25,27,30H,3-9,12-17,21,24H2,1-2H3,(H,29,31)/b11-10-/t25-,27-/m0/s1. The second-order valence-electron chi connectivity index (χ2n) is 8.86. The zero-order chi connectivity index (χ0) is 23.3. The first-order valence-electron chi connectivity index (χ1n) is 13.0. The maximum absolute atomic E-state index is 11.9. The van der Waals surface area contributed by atoms with Gasteiger partial charge in [0.25, 0.3) is 0 Å². The first-order chi connectivity index (χ1) is 15.6. The Morgan fingerprint density at radius 3 is 2.00 bits per heavy atom. The molecule has 4 nitrogen and oxygen atoms in total. The van der Waals surface area contributed by atoms with E-state index in [1.165, 1.54) is 77.0 Å². The monoisotopic (exact) mass is 445 g/mol. The number of allylic oxidation sites excluding steroid dienone is 2. The lowest BCUT2D eigenvalue weighted by molar-refractivity contribution is 0.109. The lowest BCUT2D eigenvalue weighted by atomic mass is 10.0. The van der Waals surface area contributed by atoms with Crippen molar-refractivity contribution in [2.45, 2.75) is 116 Å². The SMILES string of the molecule is CCCCCCCC/C=C\CCCCCCCCOC(=O)N[C@@H](C)[C@H](O)c1ccccc1. The molecule has 0 heterocycles. The van der Waals surface area contributed by atoms with E-state index in [1.54, 1.807) is 6.92 Å². The van der Waals surface area contributed by atoms with Gasteiger partial charge < -0.3 is 15.2 Å². The quantitative estimate of drug-likeness (QED) is 0.168. The minimum atomic E-state index is -0.742. The number of carbonyl (C=O) groups excluding carboxylic acids is 1. The van der Waals surface area contributed by atoms with Gasteiger partial charge in [-0.25, -0.2) is 4.79 Å². The van der Waals surface area contributed by atoms with E-state index in [2.05, 4.69) is 24.4 Å². The Bertz CT molecular complexity index is 588. The van der Waals surface area contributed by atoms with Gasteiger partial charge in [-0.15, -0.1) is 0 Å². The molecule has 4 heteroatoms. The molecule has 1 amide bonds. The molecule has 0 aliphatic rings. The average molecular weight is 446 g/mol. The molecule has 0 unspecified atom stereocenters. The summed E-state index contributed by atoms with van der Waals surface area (Å²) in [6, 6.07) is 8.94. The zero-order valence-corrected chi connectivity index (χ0v) is 20.6. The Balaban J connectivity index is 1.89. The van der Waals surface area contributed by atoms with Gasteiger partial charge >= 0.3 is 6.09 Å². The molecule has 1 aromatic rings. The number of unbranched alkanes of at least 4 members (excludes halogenated alkanes) is 12. The third-order valence-corrected chi connectivity index (χ3v) is 5.85. The van der Waals surface area contributed by atoms with E-state index >= 15 is 0 Å². The van der Waals surface area contributed by atoms with Crippen molar-refractivity contribution in [2.24, 2.45) is 0 Å². The van der Waals surface area contributed by atoms with Gasteiger partial charge in [0.2, 0.25) is 0 Å². The summed E-state index contributed by atoms with van der Waals surface area (Å²) in [5, 5.41) is 13.0. The van der Waals surface area contributed by atoms with E-state index in [4.69, 9.17) is 4.74 Å². The van der Waals surface area contributed by atoms with Crippen LogP contribution < -0.4 is 5.32 Å². The number of carbonyl (C=O) groups is 1. The summed E-state index contributed by atoms with van der Waals surface area (Å²) in [5.74, 6) is 0. The van der Waals surface area contributed by atoms with Crippen LogP contribution in [0.1, 0.15) is 115 Å². The molecule has 0 saturated heterocycles. The van der Waals surface area contributed by atoms with Crippen LogP contribution in [0.4, 0.5) is 4.79 Å². The van der Waals surface area contributed by atoms with Crippen molar-refractivity contribution in [3.63, 3.8) is 0 Å². The summed E-state index contributed by atoms with van der Waals surface area (Å²) >= 11 is 0. The summed E-state index contributed by atoms with van der Waals surface area (Å²) < 4.78 is 5.25. The van der Waals surface area contributed by atoms with Gasteiger partial charge in [-0.3, -0.25) is 0 Å². The Morgan fingerprint density at radius 2 is 1.41 bits per heavy atom. The highest BCUT2D eigenvalue weighted by Gasteiger charge is 2.18. The second kappa shape index (κ2) is 19.8. The van der Waals surface area contributed by atoms with Crippen LogP contribution in [0.3, 0.4) is 0 Å². The highest BCUT2D eigenvalue weighted by Crippen LogP contribution is 2.16. The van der Waals surface area contributed by atoms with Crippen LogP contribution in [-0.2, 0) is 4.74 Å². The molecule has 0 radical (unpaired) electrons. The van der Waals surface area contributed by atoms with Gasteiger partial charge in [0, 0.05) is 0 Å². The van der Waals surface area contributed by atoms with Gasteiger partial charge in [0.15, 0.2) is 0 Å². The number of rotatable bonds is 19. The van der Waals surface area contributed by atoms with Crippen LogP contribution in [0.25, 0.3) is 0 Å². The van der Waals surface area contributed by atoms with Crippen molar-refractivity contribution in [3.8, 4) is 0 Å². The molecule has 32 heavy (non-hydrogen) atoms. The van der Waals surface area contributed by atoms with Crippen LogP contribution in [0.15, 0.2) is 42.5 Å². The van der Waals surface area contributed by atoms with Gasteiger partial charge in [-0.2, -0.15) is 0 Å². The molecular weight excluding hydrogens is 398 g/mol. The molecule has 1 aromatic carbocycles. The molecule has 0 aromatic heterocycles. The smallest absolute Gasteiger partial charge is 0.407 e. The molecule has 2 atom stereocenters. The number of hydrogen-bond donors (Lipinski definition) is 2. The molecule has 1 rings (SSSR count). The fraction of sp³-hybridized carbons (Fsp3) is 0.679. The van der Waals surface area contributed by atoms with E-state index in [1.807, 2.05) is 30.3 Å². The summed E-state index contributed by atoms with van der Waals surface area (Å²) in [5.41, 5.74) is 0.786. The first-order valence-corrected chi connectivity index (χ1v) is 13.0. The third kappa shape index (κ3) is 15.1. The molecule has 2 N–H and O–H groups in total. The number of aliphatic hydroxyl groups is 1. The van der Waals surface area contributed by atoms with E-state index < -0.39 is 18.2 Å². The predicted molar refractivity (Wildman–Crippen MR) is 135 cm³/mol. The number of benzene rings is 1. The van der Waals surface area contributed by atoms with Gasteiger partial charge in [-0.05, 0) is 44.6 Å². The topological polar surface area (TPSA) is 58.6 Å². The van der Waals surface area contributed by atoms with Crippen LogP contribution >= 0.6 is 0 Å². The van der Waals surface area contributed by atoms with Crippen molar-refractivity contribution >= 4 is 6.09 Å². The second-order valence-corrected chi connectivity index (χ2v) is 8.86. The Kier molecular flexibility index (Phi) is 17.5. The number of alkyl carbamates (subject to hydrolysis) is 1. The van der Waals surface area contributed by atoms with Crippen molar-refractivity contribution in [2.75, 3.05) is 6.61 Å². The van der Waals surface area contributed by atoms with E-state index in [-0.39, 0.29) is 0 Å². The highest BCUT2D eigenvalue weighted by atomic mass is 16.5. The molecule has 0 aliphatic carbocycles. The fourth-order valence-corrected chi connectivity index (χ4v) is 3.76. The van der Waals surface area contributed by atoms with Gasteiger partial charge in [-0.1, -0.05) is 107 Å². The minimum Gasteiger partial charge on any atom is -0.450 e.